The lowest BCUT2D eigenvalue weighted by Crippen LogP contribution is -2.43. The first kappa shape index (κ1) is 18.9. The van der Waals surface area contributed by atoms with Crippen molar-refractivity contribution in [3.63, 3.8) is 0 Å². The van der Waals surface area contributed by atoms with Crippen molar-refractivity contribution in [3.05, 3.63) is 53.6 Å². The standard InChI is InChI=1S/C19H16ClN5O4/c1-29-14-7-5-12(6-8-14)21-15(26)10-24-17-16(22-23-24)18(27)25(19(17)28)13-4-2-3-11(20)9-13/h2-9,16-17H,10H2,1H3,(H,21,26)/t16-,17-/m0/s1. The molecule has 4 rings (SSSR count). The molecule has 2 heterocycles. The van der Waals surface area contributed by atoms with Crippen LogP contribution in [-0.2, 0) is 14.4 Å². The molecule has 2 aliphatic rings. The molecule has 9 nitrogen and oxygen atoms in total. The van der Waals surface area contributed by atoms with Crippen molar-refractivity contribution in [3.8, 4) is 5.75 Å². The van der Waals surface area contributed by atoms with E-state index < -0.39 is 29.8 Å². The summed E-state index contributed by atoms with van der Waals surface area (Å²) in [5.41, 5.74) is 0.928. The van der Waals surface area contributed by atoms with E-state index in [0.29, 0.717) is 22.1 Å². The van der Waals surface area contributed by atoms with Crippen LogP contribution in [0.5, 0.6) is 5.75 Å². The van der Waals surface area contributed by atoms with Gasteiger partial charge in [-0.3, -0.25) is 19.4 Å². The van der Waals surface area contributed by atoms with Gasteiger partial charge in [0.25, 0.3) is 11.8 Å². The van der Waals surface area contributed by atoms with Crippen LogP contribution in [0.4, 0.5) is 11.4 Å². The van der Waals surface area contributed by atoms with Crippen LogP contribution in [0.25, 0.3) is 0 Å². The highest BCUT2D eigenvalue weighted by atomic mass is 35.5. The summed E-state index contributed by atoms with van der Waals surface area (Å²) in [5, 5.41) is 12.1. The topological polar surface area (TPSA) is 104 Å². The molecule has 0 spiro atoms. The maximum Gasteiger partial charge on any atom is 0.263 e. The van der Waals surface area contributed by atoms with E-state index in [9.17, 15) is 14.4 Å². The molecule has 0 saturated carbocycles. The minimum atomic E-state index is -0.977. The number of hydrogen-bond acceptors (Lipinski definition) is 7. The number of anilines is 2. The molecule has 0 aliphatic carbocycles. The van der Waals surface area contributed by atoms with Crippen LogP contribution in [0.15, 0.2) is 58.9 Å². The number of methoxy groups -OCH3 is 1. The maximum atomic E-state index is 12.9. The fourth-order valence-corrected chi connectivity index (χ4v) is 3.43. The summed E-state index contributed by atoms with van der Waals surface area (Å²) in [6.07, 6.45) is 0. The Bertz CT molecular complexity index is 1010. The van der Waals surface area contributed by atoms with Crippen molar-refractivity contribution in [2.45, 2.75) is 12.1 Å². The van der Waals surface area contributed by atoms with Crippen molar-refractivity contribution in [1.82, 2.24) is 5.01 Å². The number of halogens is 1. The smallest absolute Gasteiger partial charge is 0.263 e. The number of rotatable bonds is 5. The summed E-state index contributed by atoms with van der Waals surface area (Å²) in [7, 11) is 1.55. The second-order valence-corrected chi connectivity index (χ2v) is 6.90. The van der Waals surface area contributed by atoms with E-state index in [0.717, 1.165) is 4.90 Å². The first-order chi connectivity index (χ1) is 14.0. The fraction of sp³-hybridized carbons (Fsp3) is 0.211. The Balaban J connectivity index is 1.46. The highest BCUT2D eigenvalue weighted by Crippen LogP contribution is 2.32. The Morgan fingerprint density at radius 3 is 2.62 bits per heavy atom. The van der Waals surface area contributed by atoms with E-state index >= 15 is 0 Å². The summed E-state index contributed by atoms with van der Waals surface area (Å²) in [4.78, 5) is 39.0. The van der Waals surface area contributed by atoms with E-state index in [1.807, 2.05) is 0 Å². The van der Waals surface area contributed by atoms with Gasteiger partial charge in [-0.25, -0.2) is 4.90 Å². The van der Waals surface area contributed by atoms with E-state index in [-0.39, 0.29) is 6.54 Å². The Labute approximate surface area is 170 Å². The number of nitrogens with one attached hydrogen (secondary N) is 1. The zero-order valence-corrected chi connectivity index (χ0v) is 16.0. The molecule has 3 amide bonds. The second kappa shape index (κ2) is 7.51. The SMILES string of the molecule is COc1ccc(NC(=O)CN2N=N[C@@H]3C(=O)N(c4cccc(Cl)c4)C(=O)[C@H]32)cc1. The molecule has 2 aromatic carbocycles. The molecule has 0 radical (unpaired) electrons. The number of hydrogen-bond donors (Lipinski definition) is 1. The number of carbonyl (C=O) groups excluding carboxylic acids is 3. The average molecular weight is 414 g/mol. The predicted molar refractivity (Wildman–Crippen MR) is 105 cm³/mol. The van der Waals surface area contributed by atoms with Gasteiger partial charge in [0.2, 0.25) is 5.91 Å². The lowest BCUT2D eigenvalue weighted by atomic mass is 10.1. The lowest BCUT2D eigenvalue weighted by molar-refractivity contribution is -0.123. The van der Waals surface area contributed by atoms with Crippen LogP contribution >= 0.6 is 11.6 Å². The molecule has 2 aromatic rings. The first-order valence-electron chi connectivity index (χ1n) is 8.72. The first-order valence-corrected chi connectivity index (χ1v) is 9.10. The van der Waals surface area contributed by atoms with Crippen molar-refractivity contribution < 1.29 is 19.1 Å². The molecule has 0 aromatic heterocycles. The molecule has 148 valence electrons. The zero-order chi connectivity index (χ0) is 20.5. The van der Waals surface area contributed by atoms with Gasteiger partial charge < -0.3 is 10.1 Å². The number of nitrogens with zero attached hydrogens (tertiary/aromatic N) is 4. The van der Waals surface area contributed by atoms with E-state index in [2.05, 4.69) is 15.7 Å². The summed E-state index contributed by atoms with van der Waals surface area (Å²) >= 11 is 5.97. The predicted octanol–water partition coefficient (Wildman–Crippen LogP) is 2.28. The van der Waals surface area contributed by atoms with Crippen LogP contribution < -0.4 is 15.0 Å². The number of ether oxygens (including phenoxy) is 1. The van der Waals surface area contributed by atoms with Gasteiger partial charge in [-0.1, -0.05) is 22.9 Å². The second-order valence-electron chi connectivity index (χ2n) is 6.46. The van der Waals surface area contributed by atoms with E-state index in [4.69, 9.17) is 16.3 Å². The Morgan fingerprint density at radius 1 is 1.17 bits per heavy atom. The van der Waals surface area contributed by atoms with Crippen LogP contribution in [0.2, 0.25) is 5.02 Å². The third-order valence-corrected chi connectivity index (χ3v) is 4.84. The quantitative estimate of drug-likeness (QED) is 0.757. The van der Waals surface area contributed by atoms with Gasteiger partial charge in [-0.2, -0.15) is 5.11 Å². The molecule has 2 atom stereocenters. The third kappa shape index (κ3) is 3.52. The lowest BCUT2D eigenvalue weighted by Gasteiger charge is -2.20. The fourth-order valence-electron chi connectivity index (χ4n) is 3.25. The largest absolute Gasteiger partial charge is 0.497 e. The van der Waals surface area contributed by atoms with Crippen LogP contribution in [0, 0.1) is 0 Å². The Hall–Kier alpha value is -3.46. The average Bonchev–Trinajstić information content (AvgIpc) is 3.22. The van der Waals surface area contributed by atoms with Gasteiger partial charge in [-0.15, -0.1) is 0 Å². The highest BCUT2D eigenvalue weighted by molar-refractivity contribution is 6.31. The van der Waals surface area contributed by atoms with Crippen molar-refractivity contribution in [2.24, 2.45) is 10.3 Å². The molecular formula is C19H16ClN5O4. The molecule has 2 aliphatic heterocycles. The van der Waals surface area contributed by atoms with Gasteiger partial charge in [0.15, 0.2) is 12.1 Å². The normalized spacial score (nSPS) is 20.2. The third-order valence-electron chi connectivity index (χ3n) is 4.60. The highest BCUT2D eigenvalue weighted by Gasteiger charge is 2.55. The van der Waals surface area contributed by atoms with Crippen molar-refractivity contribution >= 4 is 40.7 Å². The monoisotopic (exact) mass is 413 g/mol. The molecule has 0 unspecified atom stereocenters. The van der Waals surface area contributed by atoms with Crippen molar-refractivity contribution in [1.29, 1.82) is 0 Å². The molecule has 1 fully saturated rings. The minimum absolute atomic E-state index is 0.223. The molecule has 1 N–H and O–H groups in total. The summed E-state index contributed by atoms with van der Waals surface area (Å²) in [6, 6.07) is 11.3. The molecular weight excluding hydrogens is 398 g/mol. The Morgan fingerprint density at radius 2 is 1.93 bits per heavy atom. The van der Waals surface area contributed by atoms with E-state index in [1.165, 1.54) is 11.1 Å². The number of fused-ring (bicyclic) bond motifs is 1. The Kier molecular flexibility index (Phi) is 4.89. The van der Waals surface area contributed by atoms with Crippen LogP contribution in [0.1, 0.15) is 0 Å². The molecule has 10 heteroatoms. The van der Waals surface area contributed by atoms with Gasteiger partial charge in [-0.05, 0) is 42.5 Å². The zero-order valence-electron chi connectivity index (χ0n) is 15.3. The van der Waals surface area contributed by atoms with Gasteiger partial charge in [0, 0.05) is 10.7 Å². The maximum absolute atomic E-state index is 12.9. The number of benzene rings is 2. The van der Waals surface area contributed by atoms with Gasteiger partial charge in [0.05, 0.1) is 12.8 Å². The van der Waals surface area contributed by atoms with Crippen LogP contribution in [0.3, 0.4) is 0 Å². The van der Waals surface area contributed by atoms with Gasteiger partial charge >= 0.3 is 0 Å². The summed E-state index contributed by atoms with van der Waals surface area (Å²) in [6.45, 7) is -0.223. The summed E-state index contributed by atoms with van der Waals surface area (Å²) < 4.78 is 5.07. The molecule has 29 heavy (non-hydrogen) atoms. The number of amides is 3. The number of carbonyl (C=O) groups is 3. The van der Waals surface area contributed by atoms with Gasteiger partial charge in [0.1, 0.15) is 12.3 Å². The summed E-state index contributed by atoms with van der Waals surface area (Å²) in [5.74, 6) is -0.722. The molecule has 0 bridgehead atoms. The number of imide groups is 1. The van der Waals surface area contributed by atoms with Crippen LogP contribution in [-0.4, -0.2) is 48.5 Å². The van der Waals surface area contributed by atoms with Crippen molar-refractivity contribution in [2.75, 3.05) is 23.9 Å². The molecule has 1 saturated heterocycles. The van der Waals surface area contributed by atoms with E-state index in [1.54, 1.807) is 49.6 Å². The minimum Gasteiger partial charge on any atom is -0.497 e.